The van der Waals surface area contributed by atoms with Crippen LogP contribution in [0.15, 0.2) is 24.3 Å². The number of aliphatic carboxylic acids is 1. The third-order valence-electron chi connectivity index (χ3n) is 3.01. The van der Waals surface area contributed by atoms with Gasteiger partial charge in [-0.15, -0.1) is 0 Å². The van der Waals surface area contributed by atoms with Crippen LogP contribution in [0.1, 0.15) is 26.7 Å². The summed E-state index contributed by atoms with van der Waals surface area (Å²) in [5, 5.41) is 8.90. The van der Waals surface area contributed by atoms with E-state index in [0.29, 0.717) is 12.8 Å². The lowest BCUT2D eigenvalue weighted by atomic mass is 10.0. The van der Waals surface area contributed by atoms with Gasteiger partial charge in [-0.3, -0.25) is 9.59 Å². The lowest BCUT2D eigenvalue weighted by Gasteiger charge is -2.25. The number of carbonyl (C=O) groups excluding carboxylic acids is 1. The third-order valence-corrected chi connectivity index (χ3v) is 3.01. The van der Waals surface area contributed by atoms with Crippen molar-refractivity contribution in [3.8, 4) is 0 Å². The number of hydrogen-bond donors (Lipinski definition) is 1. The van der Waals surface area contributed by atoms with E-state index in [1.54, 1.807) is 0 Å². The first kappa shape index (κ1) is 15.1. The van der Waals surface area contributed by atoms with Gasteiger partial charge in [-0.25, -0.2) is 4.39 Å². The van der Waals surface area contributed by atoms with Crippen LogP contribution in [-0.4, -0.2) is 23.5 Å². The summed E-state index contributed by atoms with van der Waals surface area (Å²) in [5.74, 6) is -2.14. The van der Waals surface area contributed by atoms with Crippen molar-refractivity contribution in [2.75, 3.05) is 11.4 Å². The molecule has 0 spiro atoms. The molecule has 1 aromatic carbocycles. The predicted octanol–water partition coefficient (Wildman–Crippen LogP) is 2.68. The number of nitrogens with zero attached hydrogens (tertiary/aromatic N) is 1. The van der Waals surface area contributed by atoms with Crippen molar-refractivity contribution in [3.63, 3.8) is 0 Å². The number of rotatable bonds is 6. The van der Waals surface area contributed by atoms with Gasteiger partial charge in [0.1, 0.15) is 12.4 Å². The highest BCUT2D eigenvalue weighted by Gasteiger charge is 2.24. The summed E-state index contributed by atoms with van der Waals surface area (Å²) in [4.78, 5) is 24.3. The molecular weight excluding hydrogens is 249 g/mol. The van der Waals surface area contributed by atoms with Gasteiger partial charge in [0.15, 0.2) is 0 Å². The molecule has 1 rings (SSSR count). The standard InChI is InChI=1S/C14H18FNO3/c1-3-10(4-2)14(19)16(9-13(17)18)12-7-5-6-11(15)8-12/h5-8,10H,3-4,9H2,1-2H3,(H,17,18). The second kappa shape index (κ2) is 6.87. The largest absolute Gasteiger partial charge is 0.480 e. The monoisotopic (exact) mass is 267 g/mol. The number of benzene rings is 1. The summed E-state index contributed by atoms with van der Waals surface area (Å²) in [7, 11) is 0. The zero-order valence-corrected chi connectivity index (χ0v) is 11.1. The molecule has 1 N–H and O–H groups in total. The Labute approximate surface area is 111 Å². The molecule has 0 fully saturated rings. The Balaban J connectivity index is 3.07. The molecule has 1 amide bonds. The summed E-state index contributed by atoms with van der Waals surface area (Å²) in [5.41, 5.74) is 0.277. The van der Waals surface area contributed by atoms with Gasteiger partial charge in [0.25, 0.3) is 0 Å². The average molecular weight is 267 g/mol. The lowest BCUT2D eigenvalue weighted by molar-refractivity contribution is -0.137. The maximum atomic E-state index is 13.2. The molecule has 0 aliphatic rings. The van der Waals surface area contributed by atoms with Gasteiger partial charge in [-0.1, -0.05) is 19.9 Å². The minimum Gasteiger partial charge on any atom is -0.480 e. The molecule has 0 heterocycles. The van der Waals surface area contributed by atoms with E-state index < -0.39 is 18.3 Å². The number of hydrogen-bond acceptors (Lipinski definition) is 2. The molecule has 1 aromatic rings. The van der Waals surface area contributed by atoms with Gasteiger partial charge in [0.2, 0.25) is 5.91 Å². The van der Waals surface area contributed by atoms with E-state index in [4.69, 9.17) is 5.11 Å². The van der Waals surface area contributed by atoms with Crippen molar-refractivity contribution in [1.29, 1.82) is 0 Å². The number of amides is 1. The minimum atomic E-state index is -1.12. The van der Waals surface area contributed by atoms with Crippen LogP contribution in [0, 0.1) is 11.7 Å². The first-order valence-electron chi connectivity index (χ1n) is 6.28. The van der Waals surface area contributed by atoms with E-state index in [2.05, 4.69) is 0 Å². The summed E-state index contributed by atoms with van der Waals surface area (Å²) in [6.45, 7) is 3.28. The van der Waals surface area contributed by atoms with Crippen molar-refractivity contribution in [2.24, 2.45) is 5.92 Å². The molecule has 0 aliphatic heterocycles. The third kappa shape index (κ3) is 4.05. The van der Waals surface area contributed by atoms with Crippen LogP contribution in [-0.2, 0) is 9.59 Å². The number of carbonyl (C=O) groups is 2. The van der Waals surface area contributed by atoms with Gasteiger partial charge < -0.3 is 10.0 Å². The van der Waals surface area contributed by atoms with Gasteiger partial charge in [-0.2, -0.15) is 0 Å². The van der Waals surface area contributed by atoms with Gasteiger partial charge in [-0.05, 0) is 31.0 Å². The molecule has 0 unspecified atom stereocenters. The Bertz CT molecular complexity index is 458. The normalized spacial score (nSPS) is 10.5. The second-order valence-corrected chi connectivity index (χ2v) is 4.31. The van der Waals surface area contributed by atoms with Crippen LogP contribution in [0.25, 0.3) is 0 Å². The van der Waals surface area contributed by atoms with Gasteiger partial charge in [0.05, 0.1) is 0 Å². The van der Waals surface area contributed by atoms with E-state index >= 15 is 0 Å². The number of anilines is 1. The quantitative estimate of drug-likeness (QED) is 0.862. The van der Waals surface area contributed by atoms with Crippen molar-refractivity contribution < 1.29 is 19.1 Å². The minimum absolute atomic E-state index is 0.248. The Morgan fingerprint density at radius 3 is 2.42 bits per heavy atom. The van der Waals surface area contributed by atoms with Crippen LogP contribution in [0.5, 0.6) is 0 Å². The Morgan fingerprint density at radius 1 is 1.32 bits per heavy atom. The fourth-order valence-corrected chi connectivity index (χ4v) is 1.93. The van der Waals surface area contributed by atoms with E-state index in [-0.39, 0.29) is 17.5 Å². The van der Waals surface area contributed by atoms with Crippen LogP contribution < -0.4 is 4.90 Å². The zero-order chi connectivity index (χ0) is 14.4. The highest BCUT2D eigenvalue weighted by atomic mass is 19.1. The fourth-order valence-electron chi connectivity index (χ4n) is 1.93. The van der Waals surface area contributed by atoms with Gasteiger partial charge in [0, 0.05) is 11.6 Å². The van der Waals surface area contributed by atoms with E-state index in [9.17, 15) is 14.0 Å². The van der Waals surface area contributed by atoms with Crippen molar-refractivity contribution >= 4 is 17.6 Å². The molecule has 4 nitrogen and oxygen atoms in total. The molecule has 0 atom stereocenters. The number of halogens is 1. The molecule has 0 radical (unpaired) electrons. The fraction of sp³-hybridized carbons (Fsp3) is 0.429. The Morgan fingerprint density at radius 2 is 1.95 bits per heavy atom. The summed E-state index contributed by atoms with van der Waals surface area (Å²) in [6, 6.07) is 5.42. The van der Waals surface area contributed by atoms with E-state index in [1.165, 1.54) is 24.3 Å². The molecule has 0 saturated heterocycles. The molecule has 104 valence electrons. The molecular formula is C14H18FNO3. The lowest BCUT2D eigenvalue weighted by Crippen LogP contribution is -2.39. The highest BCUT2D eigenvalue weighted by Crippen LogP contribution is 2.20. The molecule has 0 saturated carbocycles. The molecule has 5 heteroatoms. The summed E-state index contributed by atoms with van der Waals surface area (Å²) < 4.78 is 13.2. The zero-order valence-electron chi connectivity index (χ0n) is 11.1. The maximum Gasteiger partial charge on any atom is 0.323 e. The molecule has 19 heavy (non-hydrogen) atoms. The summed E-state index contributed by atoms with van der Waals surface area (Å²) >= 11 is 0. The predicted molar refractivity (Wildman–Crippen MR) is 70.5 cm³/mol. The molecule has 0 aliphatic carbocycles. The highest BCUT2D eigenvalue weighted by molar-refractivity contribution is 5.98. The summed E-state index contributed by atoms with van der Waals surface area (Å²) in [6.07, 6.45) is 1.25. The van der Waals surface area contributed by atoms with Crippen LogP contribution in [0.3, 0.4) is 0 Å². The van der Waals surface area contributed by atoms with Gasteiger partial charge >= 0.3 is 5.97 Å². The topological polar surface area (TPSA) is 57.6 Å². The second-order valence-electron chi connectivity index (χ2n) is 4.31. The average Bonchev–Trinajstić information content (AvgIpc) is 2.37. The molecule has 0 aromatic heterocycles. The molecule has 0 bridgehead atoms. The van der Waals surface area contributed by atoms with Crippen molar-refractivity contribution in [1.82, 2.24) is 0 Å². The first-order chi connectivity index (χ1) is 8.99. The maximum absolute atomic E-state index is 13.2. The Kier molecular flexibility index (Phi) is 5.48. The SMILES string of the molecule is CCC(CC)C(=O)N(CC(=O)O)c1cccc(F)c1. The number of carboxylic acids is 1. The smallest absolute Gasteiger partial charge is 0.323 e. The van der Waals surface area contributed by atoms with Crippen LogP contribution in [0.2, 0.25) is 0 Å². The first-order valence-corrected chi connectivity index (χ1v) is 6.28. The van der Waals surface area contributed by atoms with Crippen molar-refractivity contribution in [2.45, 2.75) is 26.7 Å². The van der Waals surface area contributed by atoms with Crippen LogP contribution >= 0.6 is 0 Å². The number of carboxylic acid groups (broad SMARTS) is 1. The van der Waals surface area contributed by atoms with Crippen LogP contribution in [0.4, 0.5) is 10.1 Å². The Hall–Kier alpha value is -1.91. The van der Waals surface area contributed by atoms with E-state index in [0.717, 1.165) is 4.90 Å². The van der Waals surface area contributed by atoms with Crippen molar-refractivity contribution in [3.05, 3.63) is 30.1 Å². The van der Waals surface area contributed by atoms with E-state index in [1.807, 2.05) is 13.8 Å².